The predicted octanol–water partition coefficient (Wildman–Crippen LogP) is -1.30. The summed E-state index contributed by atoms with van der Waals surface area (Å²) in [5.74, 6) is -0.656. The van der Waals surface area contributed by atoms with Crippen molar-refractivity contribution < 1.29 is 20.0 Å². The maximum Gasteiger partial charge on any atom is 0.349 e. The molecule has 1 unspecified atom stereocenters. The molecule has 0 bridgehead atoms. The molecular weight excluding hydrogens is 158 g/mol. The minimum atomic E-state index is -1.24. The summed E-state index contributed by atoms with van der Waals surface area (Å²) in [4.78, 5) is 22.1. The molecule has 1 heterocycles. The molecule has 1 atom stereocenters. The quantitative estimate of drug-likeness (QED) is 0.481. The molecule has 0 aliphatic carbocycles. The summed E-state index contributed by atoms with van der Waals surface area (Å²) >= 11 is 0. The summed E-state index contributed by atoms with van der Waals surface area (Å²) in [6.45, 7) is 4.42. The van der Waals surface area contributed by atoms with Crippen LogP contribution in [-0.2, 0) is 9.59 Å². The second-order valence-electron chi connectivity index (χ2n) is 3.21. The van der Waals surface area contributed by atoms with Crippen molar-refractivity contribution in [1.29, 1.82) is 0 Å². The molecule has 0 spiro atoms. The molecule has 66 valence electrons. The number of hydrogen-bond donors (Lipinski definition) is 2. The van der Waals surface area contributed by atoms with Crippen LogP contribution >= 0.6 is 0 Å². The van der Waals surface area contributed by atoms with Gasteiger partial charge in [0.25, 0.3) is 0 Å². The molecule has 4 heteroatoms. The highest BCUT2D eigenvalue weighted by molar-refractivity contribution is 6.17. The van der Waals surface area contributed by atoms with Gasteiger partial charge < -0.3 is 5.11 Å². The van der Waals surface area contributed by atoms with Crippen molar-refractivity contribution in [3.63, 3.8) is 0 Å². The van der Waals surface area contributed by atoms with E-state index in [1.54, 1.807) is 6.92 Å². The van der Waals surface area contributed by atoms with E-state index in [0.29, 0.717) is 5.57 Å². The Morgan fingerprint density at radius 2 is 2.08 bits per heavy atom. The second-order valence-corrected chi connectivity index (χ2v) is 3.21. The zero-order valence-corrected chi connectivity index (χ0v) is 7.34. The Balaban J connectivity index is 3.20. The number of Topliss-reactive ketones (excluding diaryl/α,β-unsaturated/α-hetero) is 1. The lowest BCUT2D eigenvalue weighted by Crippen LogP contribution is -2.96. The molecule has 1 rings (SSSR count). The van der Waals surface area contributed by atoms with Gasteiger partial charge in [0, 0.05) is 12.5 Å². The number of carbonyl (C=O) groups excluding carboxylic acids is 2. The van der Waals surface area contributed by atoms with Crippen molar-refractivity contribution in [2.45, 2.75) is 26.5 Å². The molecule has 0 radical (unpaired) electrons. The van der Waals surface area contributed by atoms with E-state index in [2.05, 4.69) is 0 Å². The number of nitrogens with two attached hydrogens (primary N) is 1. The number of hydrogen-bond acceptors (Lipinski definition) is 3. The predicted molar refractivity (Wildman–Crippen MR) is 40.9 cm³/mol. The van der Waals surface area contributed by atoms with Crippen LogP contribution < -0.4 is 5.32 Å². The highest BCUT2D eigenvalue weighted by Crippen LogP contribution is 2.18. The fourth-order valence-electron chi connectivity index (χ4n) is 1.31. The Labute approximate surface area is 70.3 Å². The molecule has 0 aromatic carbocycles. The summed E-state index contributed by atoms with van der Waals surface area (Å²) in [5.41, 5.74) is -0.669. The Hall–Kier alpha value is -1.00. The fraction of sp³-hybridized carbons (Fsp3) is 0.500. The zero-order valence-electron chi connectivity index (χ0n) is 7.34. The lowest BCUT2D eigenvalue weighted by Gasteiger charge is -2.12. The third kappa shape index (κ3) is 1.19. The van der Waals surface area contributed by atoms with Crippen LogP contribution in [0.25, 0.3) is 0 Å². The summed E-state index contributed by atoms with van der Waals surface area (Å²) in [6.07, 6.45) is 0. The molecule has 4 nitrogen and oxygen atoms in total. The standard InChI is InChI=1S/C8H11NO3/c1-4-6(5(2)10)7(11)9-8(4,3)12/h12H,1-3H3,(H,9,11)/p+1. The monoisotopic (exact) mass is 170 g/mol. The number of ketones is 1. The van der Waals surface area contributed by atoms with Crippen LogP contribution in [0.1, 0.15) is 20.8 Å². The minimum Gasteiger partial charge on any atom is -0.339 e. The van der Waals surface area contributed by atoms with E-state index in [-0.39, 0.29) is 17.3 Å². The van der Waals surface area contributed by atoms with Gasteiger partial charge in [-0.25, -0.2) is 10.1 Å². The highest BCUT2D eigenvalue weighted by atomic mass is 16.3. The number of aliphatic hydroxyl groups is 1. The molecule has 3 N–H and O–H groups in total. The molecule has 1 aliphatic heterocycles. The van der Waals surface area contributed by atoms with Gasteiger partial charge in [0.15, 0.2) is 5.78 Å². The van der Waals surface area contributed by atoms with E-state index in [0.717, 1.165) is 0 Å². The lowest BCUT2D eigenvalue weighted by atomic mass is 10.0. The summed E-state index contributed by atoms with van der Waals surface area (Å²) in [6, 6.07) is 0. The third-order valence-electron chi connectivity index (χ3n) is 2.14. The van der Waals surface area contributed by atoms with Crippen molar-refractivity contribution in [1.82, 2.24) is 0 Å². The van der Waals surface area contributed by atoms with Gasteiger partial charge in [-0.2, -0.15) is 0 Å². The van der Waals surface area contributed by atoms with E-state index in [9.17, 15) is 14.7 Å². The maximum absolute atomic E-state index is 11.1. The first-order chi connectivity index (χ1) is 5.36. The average Bonchev–Trinajstić information content (AvgIpc) is 2.02. The molecular formula is C8H12NO3+. The number of carbonyl (C=O) groups is 2. The minimum absolute atomic E-state index is 0.125. The van der Waals surface area contributed by atoms with E-state index >= 15 is 0 Å². The van der Waals surface area contributed by atoms with Crippen LogP contribution in [-0.4, -0.2) is 22.5 Å². The van der Waals surface area contributed by atoms with E-state index in [1.807, 2.05) is 0 Å². The van der Waals surface area contributed by atoms with Gasteiger partial charge in [-0.05, 0) is 13.8 Å². The van der Waals surface area contributed by atoms with Crippen molar-refractivity contribution in [3.05, 3.63) is 11.1 Å². The Bertz CT molecular complexity index is 289. The molecule has 0 saturated heterocycles. The largest absolute Gasteiger partial charge is 0.349 e. The van der Waals surface area contributed by atoms with Gasteiger partial charge in [-0.15, -0.1) is 0 Å². The van der Waals surface area contributed by atoms with E-state index < -0.39 is 5.72 Å². The normalized spacial score (nSPS) is 29.8. The summed E-state index contributed by atoms with van der Waals surface area (Å²) in [7, 11) is 0. The number of quaternary nitrogens is 1. The van der Waals surface area contributed by atoms with Gasteiger partial charge in [0.05, 0.1) is 0 Å². The van der Waals surface area contributed by atoms with Gasteiger partial charge in [0.2, 0.25) is 5.72 Å². The van der Waals surface area contributed by atoms with Crippen LogP contribution in [0.3, 0.4) is 0 Å². The topological polar surface area (TPSA) is 71.0 Å². The molecule has 1 aliphatic rings. The Morgan fingerprint density at radius 1 is 1.58 bits per heavy atom. The first-order valence-corrected chi connectivity index (χ1v) is 3.71. The SMILES string of the molecule is CC(=O)C1=C(C)C(C)(O)[NH2+]C1=O. The first kappa shape index (κ1) is 9.09. The van der Waals surface area contributed by atoms with Crippen LogP contribution in [0, 0.1) is 0 Å². The Kier molecular flexibility index (Phi) is 1.89. The van der Waals surface area contributed by atoms with E-state index in [4.69, 9.17) is 0 Å². The van der Waals surface area contributed by atoms with Gasteiger partial charge in [-0.1, -0.05) is 0 Å². The van der Waals surface area contributed by atoms with Crippen LogP contribution in [0.15, 0.2) is 11.1 Å². The summed E-state index contributed by atoms with van der Waals surface area (Å²) < 4.78 is 0. The number of primary amides is 1. The number of amides is 1. The van der Waals surface area contributed by atoms with Crippen molar-refractivity contribution >= 4 is 11.7 Å². The van der Waals surface area contributed by atoms with Crippen molar-refractivity contribution in [2.24, 2.45) is 0 Å². The third-order valence-corrected chi connectivity index (χ3v) is 2.14. The van der Waals surface area contributed by atoms with Gasteiger partial charge >= 0.3 is 5.91 Å². The molecule has 1 amide bonds. The van der Waals surface area contributed by atoms with Crippen molar-refractivity contribution in [2.75, 3.05) is 0 Å². The van der Waals surface area contributed by atoms with Gasteiger partial charge in [-0.3, -0.25) is 4.79 Å². The first-order valence-electron chi connectivity index (χ1n) is 3.71. The molecule has 0 saturated carbocycles. The van der Waals surface area contributed by atoms with E-state index in [1.165, 1.54) is 19.2 Å². The van der Waals surface area contributed by atoms with Crippen LogP contribution in [0.2, 0.25) is 0 Å². The van der Waals surface area contributed by atoms with Crippen LogP contribution in [0.5, 0.6) is 0 Å². The molecule has 0 aromatic rings. The zero-order chi connectivity index (χ0) is 9.52. The molecule has 0 fully saturated rings. The maximum atomic E-state index is 11.1. The van der Waals surface area contributed by atoms with Crippen molar-refractivity contribution in [3.8, 4) is 0 Å². The van der Waals surface area contributed by atoms with Gasteiger partial charge in [0.1, 0.15) is 5.57 Å². The molecule has 0 aromatic heterocycles. The highest BCUT2D eigenvalue weighted by Gasteiger charge is 2.44. The second kappa shape index (κ2) is 2.50. The fourth-order valence-corrected chi connectivity index (χ4v) is 1.31. The molecule has 12 heavy (non-hydrogen) atoms. The summed E-state index contributed by atoms with van der Waals surface area (Å²) in [5, 5.41) is 10.7. The number of rotatable bonds is 1. The Morgan fingerprint density at radius 3 is 2.25 bits per heavy atom. The average molecular weight is 170 g/mol. The lowest BCUT2D eigenvalue weighted by molar-refractivity contribution is -0.669. The van der Waals surface area contributed by atoms with Crippen LogP contribution in [0.4, 0.5) is 0 Å². The smallest absolute Gasteiger partial charge is 0.339 e.